The van der Waals surface area contributed by atoms with Crippen LogP contribution in [-0.2, 0) is 26.0 Å². The van der Waals surface area contributed by atoms with Gasteiger partial charge in [-0.3, -0.25) is 14.5 Å². The number of nitrogens with one attached hydrogen (secondary N) is 1. The Labute approximate surface area is 208 Å². The van der Waals surface area contributed by atoms with Crippen molar-refractivity contribution < 1.29 is 18.0 Å². The van der Waals surface area contributed by atoms with E-state index in [1.165, 1.54) is 17.0 Å². The van der Waals surface area contributed by atoms with Crippen LogP contribution in [0.15, 0.2) is 59.5 Å². The SMILES string of the molecule is CCc1ccccc1N1C(=O)CN(S(=O)(=O)c2ccccc2)C[C@]1(C)C(=O)NC1CCCCCC1. The summed E-state index contributed by atoms with van der Waals surface area (Å²) in [5, 5.41) is 3.18. The van der Waals surface area contributed by atoms with Gasteiger partial charge in [-0.25, -0.2) is 8.42 Å². The molecule has 0 bridgehead atoms. The van der Waals surface area contributed by atoms with Gasteiger partial charge in [-0.15, -0.1) is 0 Å². The molecule has 0 spiro atoms. The van der Waals surface area contributed by atoms with Crippen molar-refractivity contribution in [3.05, 3.63) is 60.2 Å². The molecule has 8 heteroatoms. The first kappa shape index (κ1) is 25.4. The number of nitrogens with zero attached hydrogens (tertiary/aromatic N) is 2. The molecule has 0 unspecified atom stereocenters. The van der Waals surface area contributed by atoms with Crippen molar-refractivity contribution in [2.45, 2.75) is 75.3 Å². The van der Waals surface area contributed by atoms with E-state index in [2.05, 4.69) is 5.32 Å². The zero-order chi connectivity index (χ0) is 25.1. The lowest BCUT2D eigenvalue weighted by molar-refractivity contribution is -0.133. The lowest BCUT2D eigenvalue weighted by atomic mass is 9.92. The Bertz CT molecular complexity index is 1160. The van der Waals surface area contributed by atoms with Gasteiger partial charge in [0.15, 0.2) is 0 Å². The standard InChI is InChI=1S/C27H35N3O4S/c1-3-21-13-11-12-18-24(21)30-25(31)19-29(35(33,34)23-16-9-6-10-17-23)20-27(30,2)26(32)28-22-14-7-4-5-8-15-22/h6,9-13,16-18,22H,3-5,7-8,14-15,19-20H2,1-2H3,(H,28,32)/t27-/m1/s1. The summed E-state index contributed by atoms with van der Waals surface area (Å²) in [6.07, 6.45) is 6.89. The first-order valence-electron chi connectivity index (χ1n) is 12.5. The quantitative estimate of drug-likeness (QED) is 0.614. The molecule has 0 aromatic heterocycles. The predicted octanol–water partition coefficient (Wildman–Crippen LogP) is 3.88. The van der Waals surface area contributed by atoms with Crippen molar-refractivity contribution in [2.75, 3.05) is 18.0 Å². The molecule has 35 heavy (non-hydrogen) atoms. The number of rotatable bonds is 6. The summed E-state index contributed by atoms with van der Waals surface area (Å²) in [4.78, 5) is 29.2. The van der Waals surface area contributed by atoms with E-state index in [0.29, 0.717) is 12.1 Å². The monoisotopic (exact) mass is 497 g/mol. The molecule has 1 aliphatic heterocycles. The highest BCUT2D eigenvalue weighted by molar-refractivity contribution is 7.89. The summed E-state index contributed by atoms with van der Waals surface area (Å²) >= 11 is 0. The first-order chi connectivity index (χ1) is 16.8. The van der Waals surface area contributed by atoms with Crippen LogP contribution in [0.4, 0.5) is 5.69 Å². The van der Waals surface area contributed by atoms with Crippen LogP contribution in [0.25, 0.3) is 0 Å². The van der Waals surface area contributed by atoms with Crippen molar-refractivity contribution in [3.8, 4) is 0 Å². The van der Waals surface area contributed by atoms with Gasteiger partial charge in [0.2, 0.25) is 21.8 Å². The average molecular weight is 498 g/mol. The number of piperazine rings is 1. The minimum Gasteiger partial charge on any atom is -0.351 e. The molecule has 4 rings (SSSR count). The highest BCUT2D eigenvalue weighted by Gasteiger charge is 2.51. The molecule has 1 atom stereocenters. The third-order valence-electron chi connectivity index (χ3n) is 7.21. The van der Waals surface area contributed by atoms with E-state index < -0.39 is 21.5 Å². The van der Waals surface area contributed by atoms with Crippen molar-refractivity contribution in [3.63, 3.8) is 0 Å². The Hall–Kier alpha value is -2.71. The summed E-state index contributed by atoms with van der Waals surface area (Å²) < 4.78 is 28.1. The normalized spacial score (nSPS) is 22.6. The van der Waals surface area contributed by atoms with Crippen LogP contribution in [0.3, 0.4) is 0 Å². The predicted molar refractivity (Wildman–Crippen MR) is 137 cm³/mol. The number of benzene rings is 2. The van der Waals surface area contributed by atoms with Gasteiger partial charge in [0.25, 0.3) is 0 Å². The summed E-state index contributed by atoms with van der Waals surface area (Å²) in [5.74, 6) is -0.716. The second kappa shape index (κ2) is 10.5. The third-order valence-corrected chi connectivity index (χ3v) is 9.02. The molecule has 2 aromatic rings. The molecule has 0 radical (unpaired) electrons. The number of amides is 2. The number of sulfonamides is 1. The van der Waals surface area contributed by atoms with E-state index in [9.17, 15) is 18.0 Å². The molecule has 1 saturated heterocycles. The average Bonchev–Trinajstić information content (AvgIpc) is 3.13. The lowest BCUT2D eigenvalue weighted by Gasteiger charge is -2.47. The smallest absolute Gasteiger partial charge is 0.247 e. The molecule has 2 amide bonds. The summed E-state index contributed by atoms with van der Waals surface area (Å²) in [7, 11) is -3.95. The van der Waals surface area contributed by atoms with E-state index >= 15 is 0 Å². The molecule has 1 N–H and O–H groups in total. The van der Waals surface area contributed by atoms with Crippen molar-refractivity contribution in [1.29, 1.82) is 0 Å². The van der Waals surface area contributed by atoms with E-state index in [1.54, 1.807) is 25.1 Å². The van der Waals surface area contributed by atoms with E-state index in [0.717, 1.165) is 48.4 Å². The van der Waals surface area contributed by atoms with Gasteiger partial charge in [-0.1, -0.05) is 69.0 Å². The van der Waals surface area contributed by atoms with E-state index in [-0.39, 0.29) is 29.9 Å². The fourth-order valence-corrected chi connectivity index (χ4v) is 6.75. The molecule has 2 fully saturated rings. The van der Waals surface area contributed by atoms with Crippen LogP contribution in [0, 0.1) is 0 Å². The number of carbonyl (C=O) groups is 2. The fourth-order valence-electron chi connectivity index (χ4n) is 5.24. The Morgan fingerprint density at radius 3 is 2.29 bits per heavy atom. The zero-order valence-electron chi connectivity index (χ0n) is 20.6. The first-order valence-corrected chi connectivity index (χ1v) is 14.0. The second-order valence-corrected chi connectivity index (χ2v) is 11.7. The van der Waals surface area contributed by atoms with Crippen molar-refractivity contribution in [2.24, 2.45) is 0 Å². The zero-order valence-corrected chi connectivity index (χ0v) is 21.4. The molecule has 1 aliphatic carbocycles. The Balaban J connectivity index is 1.74. The number of aryl methyl sites for hydroxylation is 1. The Morgan fingerprint density at radius 1 is 1.00 bits per heavy atom. The molecule has 7 nitrogen and oxygen atoms in total. The lowest BCUT2D eigenvalue weighted by Crippen LogP contribution is -2.70. The van der Waals surface area contributed by atoms with Crippen LogP contribution < -0.4 is 10.2 Å². The number of hydrogen-bond donors (Lipinski definition) is 1. The third kappa shape index (κ3) is 5.14. The molecule has 2 aromatic carbocycles. The van der Waals surface area contributed by atoms with Crippen LogP contribution in [0.2, 0.25) is 0 Å². The van der Waals surface area contributed by atoms with Gasteiger partial charge in [0.1, 0.15) is 5.54 Å². The minimum atomic E-state index is -3.95. The Morgan fingerprint density at radius 2 is 1.63 bits per heavy atom. The summed E-state index contributed by atoms with van der Waals surface area (Å²) in [5.41, 5.74) is 0.207. The number of carbonyl (C=O) groups excluding carboxylic acids is 2. The Kier molecular flexibility index (Phi) is 7.62. The maximum absolute atomic E-state index is 13.9. The summed E-state index contributed by atoms with van der Waals surface area (Å²) in [6, 6.07) is 15.7. The highest BCUT2D eigenvalue weighted by atomic mass is 32.2. The van der Waals surface area contributed by atoms with Crippen LogP contribution in [-0.4, -0.2) is 49.2 Å². The second-order valence-electron chi connectivity index (χ2n) is 9.73. The van der Waals surface area contributed by atoms with E-state index in [1.807, 2.05) is 31.2 Å². The van der Waals surface area contributed by atoms with Crippen LogP contribution >= 0.6 is 0 Å². The van der Waals surface area contributed by atoms with Crippen molar-refractivity contribution >= 4 is 27.5 Å². The topological polar surface area (TPSA) is 86.8 Å². The van der Waals surface area contributed by atoms with Crippen LogP contribution in [0.1, 0.15) is 57.9 Å². The molecular formula is C27H35N3O4S. The molecule has 2 aliphatic rings. The van der Waals surface area contributed by atoms with Gasteiger partial charge in [-0.05, 0) is 49.9 Å². The minimum absolute atomic E-state index is 0.0290. The van der Waals surface area contributed by atoms with Gasteiger partial charge in [0, 0.05) is 18.3 Å². The molecule has 1 saturated carbocycles. The van der Waals surface area contributed by atoms with Gasteiger partial charge >= 0.3 is 0 Å². The number of para-hydroxylation sites is 1. The largest absolute Gasteiger partial charge is 0.351 e. The molecule has 188 valence electrons. The highest BCUT2D eigenvalue weighted by Crippen LogP contribution is 2.34. The van der Waals surface area contributed by atoms with Gasteiger partial charge in [-0.2, -0.15) is 4.31 Å². The molecule has 1 heterocycles. The van der Waals surface area contributed by atoms with Crippen LogP contribution in [0.5, 0.6) is 0 Å². The van der Waals surface area contributed by atoms with Crippen molar-refractivity contribution in [1.82, 2.24) is 9.62 Å². The maximum atomic E-state index is 13.9. The van der Waals surface area contributed by atoms with E-state index in [4.69, 9.17) is 0 Å². The number of anilines is 1. The maximum Gasteiger partial charge on any atom is 0.247 e. The molecular weight excluding hydrogens is 462 g/mol. The van der Waals surface area contributed by atoms with Gasteiger partial charge in [0.05, 0.1) is 11.4 Å². The number of hydrogen-bond acceptors (Lipinski definition) is 4. The van der Waals surface area contributed by atoms with Gasteiger partial charge < -0.3 is 5.32 Å². The fraction of sp³-hybridized carbons (Fsp3) is 0.481. The summed E-state index contributed by atoms with van der Waals surface area (Å²) in [6.45, 7) is 3.26.